The van der Waals surface area contributed by atoms with E-state index in [4.69, 9.17) is 5.73 Å². The van der Waals surface area contributed by atoms with Gasteiger partial charge in [0.25, 0.3) is 0 Å². The van der Waals surface area contributed by atoms with E-state index in [1.54, 1.807) is 0 Å². The van der Waals surface area contributed by atoms with Gasteiger partial charge in [-0.15, -0.1) is 0 Å². The van der Waals surface area contributed by atoms with Crippen LogP contribution in [-0.4, -0.2) is 19.2 Å². The Kier molecular flexibility index (Phi) is 4.83. The van der Waals surface area contributed by atoms with Crippen LogP contribution in [0.3, 0.4) is 0 Å². The van der Waals surface area contributed by atoms with E-state index in [9.17, 15) is 18.0 Å². The molecule has 0 unspecified atom stereocenters. The Morgan fingerprint density at radius 2 is 2.11 bits per heavy atom. The molecule has 18 heavy (non-hydrogen) atoms. The van der Waals surface area contributed by atoms with Gasteiger partial charge in [0, 0.05) is 16.7 Å². The molecule has 0 aliphatic heterocycles. The number of primary amides is 1. The van der Waals surface area contributed by atoms with E-state index in [-0.39, 0.29) is 18.8 Å². The van der Waals surface area contributed by atoms with E-state index in [0.717, 1.165) is 6.07 Å². The van der Waals surface area contributed by atoms with Crippen molar-refractivity contribution in [2.75, 3.05) is 18.5 Å². The molecule has 0 radical (unpaired) electrons. The van der Waals surface area contributed by atoms with Gasteiger partial charge in [-0.3, -0.25) is 0 Å². The Hall–Kier alpha value is -1.44. The number of hydrogen-bond donors (Lipinski definition) is 2. The van der Waals surface area contributed by atoms with Crippen LogP contribution in [0.25, 0.3) is 0 Å². The SMILES string of the molecule is NC(=O)OCCNc1ccc(Br)cc1C(F)(F)F. The zero-order valence-corrected chi connectivity index (χ0v) is 10.6. The summed E-state index contributed by atoms with van der Waals surface area (Å²) in [5.41, 5.74) is 3.84. The van der Waals surface area contributed by atoms with Crippen LogP contribution in [0.5, 0.6) is 0 Å². The molecule has 1 amide bonds. The first-order chi connectivity index (χ1) is 8.30. The molecule has 8 heteroatoms. The van der Waals surface area contributed by atoms with Crippen LogP contribution in [0.2, 0.25) is 0 Å². The molecular weight excluding hydrogens is 317 g/mol. The monoisotopic (exact) mass is 326 g/mol. The highest BCUT2D eigenvalue weighted by atomic mass is 79.9. The van der Waals surface area contributed by atoms with Crippen molar-refractivity contribution in [3.05, 3.63) is 28.2 Å². The second-order valence-corrected chi connectivity index (χ2v) is 4.20. The van der Waals surface area contributed by atoms with Gasteiger partial charge in [0.1, 0.15) is 6.61 Å². The minimum absolute atomic E-state index is 0.0354. The summed E-state index contributed by atoms with van der Waals surface area (Å²) in [6, 6.07) is 3.74. The lowest BCUT2D eigenvalue weighted by Gasteiger charge is -2.14. The number of amides is 1. The van der Waals surface area contributed by atoms with E-state index in [2.05, 4.69) is 26.0 Å². The number of nitrogens with one attached hydrogen (secondary N) is 1. The highest BCUT2D eigenvalue weighted by Gasteiger charge is 2.33. The largest absolute Gasteiger partial charge is 0.448 e. The molecule has 0 aromatic heterocycles. The van der Waals surface area contributed by atoms with E-state index >= 15 is 0 Å². The standard InChI is InChI=1S/C10H10BrF3N2O2/c11-6-1-2-8(7(5-6)10(12,13)14)16-3-4-18-9(15)17/h1-2,5,16H,3-4H2,(H2,15,17). The lowest BCUT2D eigenvalue weighted by Crippen LogP contribution is -2.19. The van der Waals surface area contributed by atoms with Crippen LogP contribution < -0.4 is 11.1 Å². The molecule has 0 spiro atoms. The quantitative estimate of drug-likeness (QED) is 0.836. The van der Waals surface area contributed by atoms with Crippen LogP contribution in [0.15, 0.2) is 22.7 Å². The van der Waals surface area contributed by atoms with Crippen LogP contribution in [0.4, 0.5) is 23.7 Å². The number of anilines is 1. The third-order valence-electron chi connectivity index (χ3n) is 1.95. The molecular formula is C10H10BrF3N2O2. The molecule has 4 nitrogen and oxygen atoms in total. The second kappa shape index (κ2) is 5.94. The van der Waals surface area contributed by atoms with Crippen molar-refractivity contribution < 1.29 is 22.7 Å². The van der Waals surface area contributed by atoms with Gasteiger partial charge in [-0.2, -0.15) is 13.2 Å². The topological polar surface area (TPSA) is 64.4 Å². The number of alkyl halides is 3. The minimum Gasteiger partial charge on any atom is -0.448 e. The highest BCUT2D eigenvalue weighted by Crippen LogP contribution is 2.36. The van der Waals surface area contributed by atoms with Gasteiger partial charge in [0.15, 0.2) is 0 Å². The van der Waals surface area contributed by atoms with E-state index in [0.29, 0.717) is 4.47 Å². The zero-order chi connectivity index (χ0) is 13.8. The van der Waals surface area contributed by atoms with Gasteiger partial charge in [0.05, 0.1) is 5.56 Å². The van der Waals surface area contributed by atoms with Crippen molar-refractivity contribution in [2.24, 2.45) is 5.73 Å². The summed E-state index contributed by atoms with van der Waals surface area (Å²) in [5.74, 6) is 0. The molecule has 0 saturated heterocycles. The molecule has 0 atom stereocenters. The van der Waals surface area contributed by atoms with Gasteiger partial charge in [-0.1, -0.05) is 15.9 Å². The summed E-state index contributed by atoms with van der Waals surface area (Å²) < 4.78 is 42.8. The first-order valence-electron chi connectivity index (χ1n) is 4.83. The number of carbonyl (C=O) groups excluding carboxylic acids is 1. The normalized spacial score (nSPS) is 11.1. The summed E-state index contributed by atoms with van der Waals surface area (Å²) in [7, 11) is 0. The minimum atomic E-state index is -4.46. The summed E-state index contributed by atoms with van der Waals surface area (Å²) in [4.78, 5) is 10.3. The lowest BCUT2D eigenvalue weighted by molar-refractivity contribution is -0.137. The fraction of sp³-hybridized carbons (Fsp3) is 0.300. The summed E-state index contributed by atoms with van der Waals surface area (Å²) in [6.45, 7) is -0.0731. The molecule has 0 saturated carbocycles. The van der Waals surface area contributed by atoms with Crippen molar-refractivity contribution in [2.45, 2.75) is 6.18 Å². The van der Waals surface area contributed by atoms with Crippen LogP contribution in [-0.2, 0) is 10.9 Å². The van der Waals surface area contributed by atoms with Gasteiger partial charge < -0.3 is 15.8 Å². The lowest BCUT2D eigenvalue weighted by atomic mass is 10.1. The van der Waals surface area contributed by atoms with Crippen molar-refractivity contribution in [1.82, 2.24) is 0 Å². The van der Waals surface area contributed by atoms with E-state index < -0.39 is 17.8 Å². The summed E-state index contributed by atoms with van der Waals surface area (Å²) >= 11 is 2.98. The molecule has 0 bridgehead atoms. The number of hydrogen-bond acceptors (Lipinski definition) is 3. The van der Waals surface area contributed by atoms with Crippen molar-refractivity contribution in [3.8, 4) is 0 Å². The molecule has 1 rings (SSSR count). The van der Waals surface area contributed by atoms with Gasteiger partial charge in [-0.25, -0.2) is 4.79 Å². The maximum absolute atomic E-state index is 12.7. The smallest absolute Gasteiger partial charge is 0.418 e. The maximum atomic E-state index is 12.7. The first kappa shape index (κ1) is 14.6. The number of nitrogens with two attached hydrogens (primary N) is 1. The average Bonchev–Trinajstić information content (AvgIpc) is 2.24. The van der Waals surface area contributed by atoms with Crippen LogP contribution in [0, 0.1) is 0 Å². The van der Waals surface area contributed by atoms with Crippen molar-refractivity contribution in [1.29, 1.82) is 0 Å². The number of ether oxygens (including phenoxy) is 1. The summed E-state index contributed by atoms with van der Waals surface area (Å²) in [5, 5.41) is 2.53. The van der Waals surface area contributed by atoms with Crippen molar-refractivity contribution in [3.63, 3.8) is 0 Å². The first-order valence-corrected chi connectivity index (χ1v) is 5.63. The molecule has 1 aromatic rings. The highest BCUT2D eigenvalue weighted by molar-refractivity contribution is 9.10. The van der Waals surface area contributed by atoms with Crippen molar-refractivity contribution >= 4 is 27.7 Å². The van der Waals surface area contributed by atoms with Crippen LogP contribution in [0.1, 0.15) is 5.56 Å². The molecule has 0 heterocycles. The number of halogens is 4. The zero-order valence-electron chi connectivity index (χ0n) is 9.05. The molecule has 1 aromatic carbocycles. The Morgan fingerprint density at radius 1 is 1.44 bits per heavy atom. The maximum Gasteiger partial charge on any atom is 0.418 e. The predicted molar refractivity (Wildman–Crippen MR) is 63.2 cm³/mol. The summed E-state index contributed by atoms with van der Waals surface area (Å²) in [6.07, 6.45) is -5.43. The fourth-order valence-corrected chi connectivity index (χ4v) is 1.60. The molecule has 3 N–H and O–H groups in total. The molecule has 0 aliphatic carbocycles. The van der Waals surface area contributed by atoms with Gasteiger partial charge >= 0.3 is 12.3 Å². The molecule has 100 valence electrons. The Balaban J connectivity index is 2.73. The third kappa shape index (κ3) is 4.44. The van der Waals surface area contributed by atoms with E-state index in [1.165, 1.54) is 12.1 Å². The Bertz CT molecular complexity index is 438. The Morgan fingerprint density at radius 3 is 2.67 bits per heavy atom. The second-order valence-electron chi connectivity index (χ2n) is 3.28. The Labute approximate surface area is 109 Å². The predicted octanol–water partition coefficient (Wildman–Crippen LogP) is 2.98. The number of benzene rings is 1. The molecule has 0 aliphatic rings. The third-order valence-corrected chi connectivity index (χ3v) is 2.44. The average molecular weight is 327 g/mol. The van der Waals surface area contributed by atoms with Gasteiger partial charge in [-0.05, 0) is 18.2 Å². The van der Waals surface area contributed by atoms with E-state index in [1.807, 2.05) is 0 Å². The van der Waals surface area contributed by atoms with Crippen LogP contribution >= 0.6 is 15.9 Å². The molecule has 0 fully saturated rings. The number of rotatable bonds is 4. The number of carbonyl (C=O) groups is 1. The van der Waals surface area contributed by atoms with Gasteiger partial charge in [0.2, 0.25) is 0 Å². The fourth-order valence-electron chi connectivity index (χ4n) is 1.24.